The van der Waals surface area contributed by atoms with Gasteiger partial charge in [0.25, 0.3) is 0 Å². The van der Waals surface area contributed by atoms with Crippen molar-refractivity contribution in [2.75, 3.05) is 6.61 Å². The van der Waals surface area contributed by atoms with Gasteiger partial charge in [0.15, 0.2) is 0 Å². The Morgan fingerprint density at radius 1 is 1.24 bits per heavy atom. The second kappa shape index (κ2) is 5.68. The predicted octanol–water partition coefficient (Wildman–Crippen LogP) is 2.65. The van der Waals surface area contributed by atoms with E-state index >= 15 is 0 Å². The van der Waals surface area contributed by atoms with Crippen molar-refractivity contribution in [3.05, 3.63) is 0 Å². The van der Waals surface area contributed by atoms with E-state index in [0.717, 1.165) is 38.7 Å². The Morgan fingerprint density at radius 3 is 2.53 bits per heavy atom. The van der Waals surface area contributed by atoms with Crippen LogP contribution in [0.3, 0.4) is 0 Å². The first-order valence-electron chi connectivity index (χ1n) is 7.07. The Labute approximate surface area is 104 Å². The van der Waals surface area contributed by atoms with Gasteiger partial charge in [-0.1, -0.05) is 0 Å². The normalized spacial score (nSPS) is 42.9. The van der Waals surface area contributed by atoms with E-state index in [0.29, 0.717) is 6.10 Å². The summed E-state index contributed by atoms with van der Waals surface area (Å²) in [5.41, 5.74) is -0.504. The maximum atomic E-state index is 10.6. The highest BCUT2D eigenvalue weighted by molar-refractivity contribution is 4.87. The lowest BCUT2D eigenvalue weighted by Crippen LogP contribution is -2.43. The zero-order valence-corrected chi connectivity index (χ0v) is 11.2. The molecule has 3 heteroatoms. The van der Waals surface area contributed by atoms with Crippen LogP contribution in [0.15, 0.2) is 0 Å². The minimum Gasteiger partial charge on any atom is -0.390 e. The van der Waals surface area contributed by atoms with Crippen LogP contribution in [0.25, 0.3) is 0 Å². The highest BCUT2D eigenvalue weighted by Gasteiger charge is 2.36. The summed E-state index contributed by atoms with van der Waals surface area (Å²) >= 11 is 0. The van der Waals surface area contributed by atoms with E-state index in [1.54, 1.807) is 0 Å². The van der Waals surface area contributed by atoms with Crippen molar-refractivity contribution in [3.63, 3.8) is 0 Å². The second-order valence-corrected chi connectivity index (χ2v) is 5.92. The summed E-state index contributed by atoms with van der Waals surface area (Å²) in [6.07, 6.45) is 7.86. The topological polar surface area (TPSA) is 38.7 Å². The number of hydrogen-bond acceptors (Lipinski definition) is 3. The molecule has 3 atom stereocenters. The van der Waals surface area contributed by atoms with Gasteiger partial charge in [0.2, 0.25) is 0 Å². The van der Waals surface area contributed by atoms with Gasteiger partial charge in [-0.15, -0.1) is 0 Å². The molecule has 0 bridgehead atoms. The molecular formula is C14H26O3. The smallest absolute Gasteiger partial charge is 0.0697 e. The lowest BCUT2D eigenvalue weighted by atomic mass is 9.83. The first kappa shape index (κ1) is 13.3. The third-order valence-electron chi connectivity index (χ3n) is 3.99. The first-order valence-corrected chi connectivity index (χ1v) is 7.07. The van der Waals surface area contributed by atoms with Gasteiger partial charge < -0.3 is 14.6 Å². The predicted molar refractivity (Wildman–Crippen MR) is 67.0 cm³/mol. The van der Waals surface area contributed by atoms with E-state index in [2.05, 4.69) is 13.8 Å². The summed E-state index contributed by atoms with van der Waals surface area (Å²) in [4.78, 5) is 0. The molecule has 0 amide bonds. The average Bonchev–Trinajstić information content (AvgIpc) is 2.67. The molecule has 0 aromatic heterocycles. The monoisotopic (exact) mass is 242 g/mol. The molecule has 2 fully saturated rings. The maximum absolute atomic E-state index is 10.6. The van der Waals surface area contributed by atoms with Crippen LogP contribution in [0.4, 0.5) is 0 Å². The van der Waals surface area contributed by atoms with E-state index in [1.807, 2.05) is 0 Å². The fourth-order valence-corrected chi connectivity index (χ4v) is 3.38. The molecule has 0 aromatic rings. The number of hydrogen-bond donors (Lipinski definition) is 1. The first-order chi connectivity index (χ1) is 8.07. The summed E-state index contributed by atoms with van der Waals surface area (Å²) in [6, 6.07) is 0. The molecule has 0 saturated carbocycles. The average molecular weight is 242 g/mol. The number of ether oxygens (including phenoxy) is 2. The summed E-state index contributed by atoms with van der Waals surface area (Å²) in [6.45, 7) is 5.04. The summed E-state index contributed by atoms with van der Waals surface area (Å²) in [7, 11) is 0. The van der Waals surface area contributed by atoms with Crippen molar-refractivity contribution in [1.82, 2.24) is 0 Å². The molecule has 0 spiro atoms. The minimum absolute atomic E-state index is 0.187. The maximum Gasteiger partial charge on any atom is 0.0697 e. The van der Waals surface area contributed by atoms with E-state index in [9.17, 15) is 5.11 Å². The van der Waals surface area contributed by atoms with Gasteiger partial charge in [0.1, 0.15) is 0 Å². The molecule has 0 aliphatic carbocycles. The van der Waals surface area contributed by atoms with E-state index in [-0.39, 0.29) is 12.2 Å². The molecule has 3 unspecified atom stereocenters. The molecule has 100 valence electrons. The standard InChI is InChI=1S/C14H26O3/c1-11-9-14(15,10-12(2)17-11)7-3-5-13-6-4-8-16-13/h11-13,15H,3-10H2,1-2H3. The lowest BCUT2D eigenvalue weighted by Gasteiger charge is -2.39. The van der Waals surface area contributed by atoms with Crippen LogP contribution in [0.1, 0.15) is 58.8 Å². The molecule has 0 radical (unpaired) electrons. The summed E-state index contributed by atoms with van der Waals surface area (Å²) in [5, 5.41) is 10.6. The zero-order valence-electron chi connectivity index (χ0n) is 11.2. The largest absolute Gasteiger partial charge is 0.390 e. The second-order valence-electron chi connectivity index (χ2n) is 5.92. The minimum atomic E-state index is -0.504. The van der Waals surface area contributed by atoms with Gasteiger partial charge in [0.05, 0.1) is 23.9 Å². The Bertz CT molecular complexity index is 226. The van der Waals surface area contributed by atoms with Crippen molar-refractivity contribution < 1.29 is 14.6 Å². The van der Waals surface area contributed by atoms with Crippen LogP contribution in [0.2, 0.25) is 0 Å². The van der Waals surface area contributed by atoms with Crippen molar-refractivity contribution in [2.24, 2.45) is 0 Å². The summed E-state index contributed by atoms with van der Waals surface area (Å²) < 4.78 is 11.3. The van der Waals surface area contributed by atoms with Crippen LogP contribution in [-0.4, -0.2) is 35.6 Å². The van der Waals surface area contributed by atoms with Gasteiger partial charge in [-0.05, 0) is 46.0 Å². The van der Waals surface area contributed by atoms with Gasteiger partial charge >= 0.3 is 0 Å². The lowest BCUT2D eigenvalue weighted by molar-refractivity contribution is -0.135. The van der Waals surface area contributed by atoms with Gasteiger partial charge in [-0.3, -0.25) is 0 Å². The fraction of sp³-hybridized carbons (Fsp3) is 1.00. The van der Waals surface area contributed by atoms with Crippen LogP contribution in [0, 0.1) is 0 Å². The molecule has 2 aliphatic rings. The number of aliphatic hydroxyl groups is 1. The molecule has 3 nitrogen and oxygen atoms in total. The van der Waals surface area contributed by atoms with Crippen molar-refractivity contribution in [2.45, 2.75) is 82.7 Å². The molecule has 0 aromatic carbocycles. The molecule has 2 aliphatic heterocycles. The molecule has 17 heavy (non-hydrogen) atoms. The van der Waals surface area contributed by atoms with Crippen LogP contribution < -0.4 is 0 Å². The van der Waals surface area contributed by atoms with Crippen molar-refractivity contribution >= 4 is 0 Å². The van der Waals surface area contributed by atoms with E-state index < -0.39 is 5.60 Å². The van der Waals surface area contributed by atoms with Crippen LogP contribution in [0.5, 0.6) is 0 Å². The number of rotatable bonds is 4. The quantitative estimate of drug-likeness (QED) is 0.823. The highest BCUT2D eigenvalue weighted by atomic mass is 16.5. The Kier molecular flexibility index (Phi) is 4.45. The Morgan fingerprint density at radius 2 is 1.94 bits per heavy atom. The molecule has 2 saturated heterocycles. The third-order valence-corrected chi connectivity index (χ3v) is 3.99. The van der Waals surface area contributed by atoms with Gasteiger partial charge in [-0.2, -0.15) is 0 Å². The van der Waals surface area contributed by atoms with Crippen LogP contribution >= 0.6 is 0 Å². The summed E-state index contributed by atoms with van der Waals surface area (Å²) in [5.74, 6) is 0. The molecule has 1 N–H and O–H groups in total. The Balaban J connectivity index is 1.72. The van der Waals surface area contributed by atoms with Gasteiger partial charge in [0, 0.05) is 19.4 Å². The van der Waals surface area contributed by atoms with E-state index in [4.69, 9.17) is 9.47 Å². The SMILES string of the molecule is CC1CC(O)(CCCC2CCCO2)CC(C)O1. The molecule has 2 rings (SSSR count). The third kappa shape index (κ3) is 3.94. The van der Waals surface area contributed by atoms with Crippen molar-refractivity contribution in [1.29, 1.82) is 0 Å². The van der Waals surface area contributed by atoms with Crippen LogP contribution in [-0.2, 0) is 9.47 Å². The highest BCUT2D eigenvalue weighted by Crippen LogP contribution is 2.33. The van der Waals surface area contributed by atoms with Gasteiger partial charge in [-0.25, -0.2) is 0 Å². The fourth-order valence-electron chi connectivity index (χ4n) is 3.38. The molecular weight excluding hydrogens is 216 g/mol. The zero-order chi connectivity index (χ0) is 12.3. The van der Waals surface area contributed by atoms with Crippen molar-refractivity contribution in [3.8, 4) is 0 Å². The molecule has 2 heterocycles. The van der Waals surface area contributed by atoms with E-state index in [1.165, 1.54) is 12.8 Å². The Hall–Kier alpha value is -0.120.